The Hall–Kier alpha value is -3.29. The van der Waals surface area contributed by atoms with Crippen molar-refractivity contribution in [1.29, 1.82) is 0 Å². The molecular formula is C16H14N6O2. The summed E-state index contributed by atoms with van der Waals surface area (Å²) in [6.07, 6.45) is 0. The number of benzene rings is 1. The van der Waals surface area contributed by atoms with Crippen LogP contribution >= 0.6 is 0 Å². The fourth-order valence-electron chi connectivity index (χ4n) is 2.78. The van der Waals surface area contributed by atoms with Crippen LogP contribution in [0.5, 0.6) is 0 Å². The van der Waals surface area contributed by atoms with Crippen LogP contribution in [0.25, 0.3) is 22.1 Å². The summed E-state index contributed by atoms with van der Waals surface area (Å²) in [4.78, 5) is 43.2. The molecule has 0 aliphatic rings. The van der Waals surface area contributed by atoms with E-state index in [1.807, 2.05) is 31.2 Å². The lowest BCUT2D eigenvalue weighted by molar-refractivity contribution is 0.676. The third-order valence-corrected chi connectivity index (χ3v) is 3.89. The Balaban J connectivity index is 1.88. The Kier molecular flexibility index (Phi) is 3.05. The van der Waals surface area contributed by atoms with E-state index >= 15 is 0 Å². The molecule has 0 aliphatic carbocycles. The molecule has 4 aromatic rings. The van der Waals surface area contributed by atoms with Gasteiger partial charge in [-0.3, -0.25) is 14.3 Å². The van der Waals surface area contributed by atoms with Gasteiger partial charge in [-0.2, -0.15) is 0 Å². The van der Waals surface area contributed by atoms with Gasteiger partial charge in [0, 0.05) is 11.1 Å². The van der Waals surface area contributed by atoms with E-state index in [0.717, 1.165) is 21.2 Å². The summed E-state index contributed by atoms with van der Waals surface area (Å²) in [6, 6.07) is 7.62. The summed E-state index contributed by atoms with van der Waals surface area (Å²) >= 11 is 0. The highest BCUT2D eigenvalue weighted by molar-refractivity contribution is 5.80. The molecule has 0 fully saturated rings. The van der Waals surface area contributed by atoms with Crippen molar-refractivity contribution in [2.45, 2.75) is 20.4 Å². The molecule has 3 aromatic heterocycles. The van der Waals surface area contributed by atoms with E-state index in [9.17, 15) is 9.59 Å². The third kappa shape index (κ3) is 2.19. The maximum atomic E-state index is 12.5. The zero-order valence-corrected chi connectivity index (χ0v) is 13.1. The minimum absolute atomic E-state index is 0.00610. The topological polar surface area (TPSA) is 109 Å². The van der Waals surface area contributed by atoms with E-state index in [2.05, 4.69) is 24.9 Å². The lowest BCUT2D eigenvalue weighted by Crippen LogP contribution is -2.36. The quantitative estimate of drug-likeness (QED) is 0.572. The summed E-state index contributed by atoms with van der Waals surface area (Å²) in [5.74, 6) is 0.975. The molecule has 8 heteroatoms. The van der Waals surface area contributed by atoms with Gasteiger partial charge in [0.05, 0.1) is 12.1 Å². The largest absolute Gasteiger partial charge is 0.336 e. The fourth-order valence-corrected chi connectivity index (χ4v) is 2.78. The number of rotatable bonds is 2. The van der Waals surface area contributed by atoms with Crippen molar-refractivity contribution >= 4 is 22.1 Å². The van der Waals surface area contributed by atoms with E-state index in [1.54, 1.807) is 6.92 Å². The zero-order chi connectivity index (χ0) is 16.8. The average molecular weight is 322 g/mol. The van der Waals surface area contributed by atoms with Crippen LogP contribution in [0, 0.1) is 13.8 Å². The monoisotopic (exact) mass is 322 g/mol. The van der Waals surface area contributed by atoms with Crippen LogP contribution in [0.1, 0.15) is 17.3 Å². The minimum atomic E-state index is -0.534. The Morgan fingerprint density at radius 3 is 2.67 bits per heavy atom. The number of aromatic amines is 2. The van der Waals surface area contributed by atoms with E-state index in [0.29, 0.717) is 11.6 Å². The number of para-hydroxylation sites is 1. The van der Waals surface area contributed by atoms with Gasteiger partial charge in [0.1, 0.15) is 17.2 Å². The number of aromatic nitrogens is 6. The van der Waals surface area contributed by atoms with Crippen molar-refractivity contribution in [3.05, 3.63) is 62.4 Å². The van der Waals surface area contributed by atoms with Crippen molar-refractivity contribution in [2.75, 3.05) is 0 Å². The SMILES string of the molecule is Cc1nc2[nH]c(=O)n(Cc3nc(C)c4ccccc4n3)c(=O)c2[nH]1. The molecule has 1 aromatic carbocycles. The van der Waals surface area contributed by atoms with Gasteiger partial charge in [-0.15, -0.1) is 0 Å². The number of hydrogen-bond acceptors (Lipinski definition) is 5. The van der Waals surface area contributed by atoms with E-state index < -0.39 is 11.2 Å². The molecule has 0 bridgehead atoms. The number of H-pyrrole nitrogens is 2. The van der Waals surface area contributed by atoms with Crippen LogP contribution in [0.4, 0.5) is 0 Å². The number of nitrogens with one attached hydrogen (secondary N) is 2. The first-order valence-corrected chi connectivity index (χ1v) is 7.44. The first-order chi connectivity index (χ1) is 11.5. The molecule has 3 heterocycles. The Labute approximate surface area is 135 Å². The van der Waals surface area contributed by atoms with Crippen LogP contribution in [-0.4, -0.2) is 29.5 Å². The van der Waals surface area contributed by atoms with Crippen LogP contribution in [-0.2, 0) is 6.54 Å². The molecular weight excluding hydrogens is 308 g/mol. The van der Waals surface area contributed by atoms with Crippen LogP contribution in [0.15, 0.2) is 33.9 Å². The van der Waals surface area contributed by atoms with Crippen molar-refractivity contribution < 1.29 is 0 Å². The molecule has 120 valence electrons. The average Bonchev–Trinajstić information content (AvgIpc) is 2.92. The molecule has 0 amide bonds. The first-order valence-electron chi connectivity index (χ1n) is 7.44. The maximum absolute atomic E-state index is 12.5. The fraction of sp³-hybridized carbons (Fsp3) is 0.188. The Morgan fingerprint density at radius 2 is 1.83 bits per heavy atom. The van der Waals surface area contributed by atoms with E-state index in [-0.39, 0.29) is 17.7 Å². The molecule has 0 unspecified atom stereocenters. The van der Waals surface area contributed by atoms with Gasteiger partial charge in [0.2, 0.25) is 0 Å². The van der Waals surface area contributed by atoms with Gasteiger partial charge in [0.15, 0.2) is 5.65 Å². The Morgan fingerprint density at radius 1 is 1.04 bits per heavy atom. The molecule has 0 saturated carbocycles. The predicted molar refractivity (Wildman–Crippen MR) is 89.1 cm³/mol. The van der Waals surface area contributed by atoms with Crippen molar-refractivity contribution in [3.63, 3.8) is 0 Å². The van der Waals surface area contributed by atoms with Gasteiger partial charge in [-0.05, 0) is 19.9 Å². The lowest BCUT2D eigenvalue weighted by atomic mass is 10.2. The molecule has 4 rings (SSSR count). The van der Waals surface area contributed by atoms with Gasteiger partial charge >= 0.3 is 5.69 Å². The predicted octanol–water partition coefficient (Wildman–Crippen LogP) is 1.02. The number of nitrogens with zero attached hydrogens (tertiary/aromatic N) is 4. The van der Waals surface area contributed by atoms with Crippen molar-refractivity contribution in [3.8, 4) is 0 Å². The highest BCUT2D eigenvalue weighted by Gasteiger charge is 2.13. The zero-order valence-electron chi connectivity index (χ0n) is 13.1. The number of aryl methyl sites for hydroxylation is 2. The minimum Gasteiger partial charge on any atom is -0.336 e. The second-order valence-electron chi connectivity index (χ2n) is 5.61. The van der Waals surface area contributed by atoms with Crippen LogP contribution in [0.3, 0.4) is 0 Å². The summed E-state index contributed by atoms with van der Waals surface area (Å²) in [5.41, 5.74) is 1.14. The highest BCUT2D eigenvalue weighted by atomic mass is 16.2. The van der Waals surface area contributed by atoms with Gasteiger partial charge < -0.3 is 4.98 Å². The molecule has 0 saturated heterocycles. The standard InChI is InChI=1S/C16H14N6O2/c1-8-10-5-3-4-6-11(10)20-12(17-8)7-22-15(23)13-14(21-16(22)24)19-9(2)18-13/h3-6H,7H2,1-2H3,(H,18,19)(H,21,24). The molecule has 0 spiro atoms. The Bertz CT molecular complexity index is 1200. The summed E-state index contributed by atoms with van der Waals surface area (Å²) in [5, 5.41) is 0.946. The first kappa shape index (κ1) is 14.3. The molecule has 0 atom stereocenters. The highest BCUT2D eigenvalue weighted by Crippen LogP contribution is 2.14. The summed E-state index contributed by atoms with van der Waals surface area (Å²) < 4.78 is 1.07. The van der Waals surface area contributed by atoms with E-state index in [4.69, 9.17) is 0 Å². The van der Waals surface area contributed by atoms with Gasteiger partial charge in [0.25, 0.3) is 5.56 Å². The molecule has 0 aliphatic heterocycles. The molecule has 0 radical (unpaired) electrons. The second kappa shape index (κ2) is 5.12. The molecule has 24 heavy (non-hydrogen) atoms. The summed E-state index contributed by atoms with van der Waals surface area (Å²) in [7, 11) is 0. The van der Waals surface area contributed by atoms with E-state index in [1.165, 1.54) is 0 Å². The molecule has 8 nitrogen and oxygen atoms in total. The smallest absolute Gasteiger partial charge is 0.330 e. The number of imidazole rings is 1. The van der Waals surface area contributed by atoms with Crippen LogP contribution in [0.2, 0.25) is 0 Å². The normalized spacial score (nSPS) is 11.4. The van der Waals surface area contributed by atoms with Crippen LogP contribution < -0.4 is 11.2 Å². The lowest BCUT2D eigenvalue weighted by Gasteiger charge is -2.07. The number of fused-ring (bicyclic) bond motifs is 2. The van der Waals surface area contributed by atoms with Gasteiger partial charge in [-0.25, -0.2) is 19.7 Å². The second-order valence-corrected chi connectivity index (χ2v) is 5.61. The van der Waals surface area contributed by atoms with Crippen molar-refractivity contribution in [2.24, 2.45) is 0 Å². The third-order valence-electron chi connectivity index (χ3n) is 3.89. The summed E-state index contributed by atoms with van der Waals surface area (Å²) in [6.45, 7) is 3.59. The van der Waals surface area contributed by atoms with Gasteiger partial charge in [-0.1, -0.05) is 18.2 Å². The van der Waals surface area contributed by atoms with Crippen molar-refractivity contribution in [1.82, 2.24) is 29.5 Å². The number of hydrogen-bond donors (Lipinski definition) is 2. The maximum Gasteiger partial charge on any atom is 0.330 e. The molecule has 2 N–H and O–H groups in total.